The molecule has 2 fully saturated rings. The van der Waals surface area contributed by atoms with Gasteiger partial charge >= 0.3 is 5.97 Å². The predicted molar refractivity (Wildman–Crippen MR) is 118 cm³/mol. The van der Waals surface area contributed by atoms with E-state index in [1.54, 1.807) is 24.3 Å². The van der Waals surface area contributed by atoms with Crippen molar-refractivity contribution in [3.8, 4) is 0 Å². The fraction of sp³-hybridized carbons (Fsp3) is 0.375. The van der Waals surface area contributed by atoms with E-state index in [-0.39, 0.29) is 17.4 Å². The zero-order valence-electron chi connectivity index (χ0n) is 17.6. The minimum atomic E-state index is -1.54. The Hall–Kier alpha value is -2.70. The number of amides is 2. The molecule has 0 spiro atoms. The van der Waals surface area contributed by atoms with Gasteiger partial charge in [-0.25, -0.2) is 4.90 Å². The summed E-state index contributed by atoms with van der Waals surface area (Å²) < 4.78 is 0. The van der Waals surface area contributed by atoms with Crippen LogP contribution >= 0.6 is 11.6 Å². The van der Waals surface area contributed by atoms with Crippen molar-refractivity contribution in [3.63, 3.8) is 0 Å². The van der Waals surface area contributed by atoms with Gasteiger partial charge in [0.25, 0.3) is 0 Å². The molecule has 31 heavy (non-hydrogen) atoms. The monoisotopic (exact) mass is 440 g/mol. The molecule has 4 rings (SSSR count). The van der Waals surface area contributed by atoms with E-state index in [0.29, 0.717) is 5.69 Å². The van der Waals surface area contributed by atoms with Crippen LogP contribution in [0.1, 0.15) is 37.4 Å². The van der Waals surface area contributed by atoms with Gasteiger partial charge in [-0.05, 0) is 37.0 Å². The first-order valence-corrected chi connectivity index (χ1v) is 10.7. The highest BCUT2D eigenvalue weighted by Gasteiger charge is 2.68. The largest absolute Gasteiger partial charge is 0.480 e. The number of hydrogen-bond acceptors (Lipinski definition) is 4. The number of anilines is 1. The minimum Gasteiger partial charge on any atom is -0.480 e. The first kappa shape index (κ1) is 21.5. The average molecular weight is 441 g/mol. The van der Waals surface area contributed by atoms with E-state index in [2.05, 4.69) is 5.32 Å². The van der Waals surface area contributed by atoms with Crippen molar-refractivity contribution in [2.45, 2.75) is 38.8 Å². The van der Waals surface area contributed by atoms with Crippen LogP contribution in [0.3, 0.4) is 0 Å². The lowest BCUT2D eigenvalue weighted by atomic mass is 9.75. The number of nitrogens with zero attached hydrogens (tertiary/aromatic N) is 1. The molecule has 7 heteroatoms. The third kappa shape index (κ3) is 3.34. The van der Waals surface area contributed by atoms with E-state index in [1.165, 1.54) is 0 Å². The Morgan fingerprint density at radius 3 is 2.35 bits per heavy atom. The molecule has 2 aliphatic rings. The van der Waals surface area contributed by atoms with Gasteiger partial charge in [0, 0.05) is 6.04 Å². The van der Waals surface area contributed by atoms with Gasteiger partial charge in [-0.2, -0.15) is 0 Å². The fourth-order valence-electron chi connectivity index (χ4n) is 5.05. The molecule has 2 saturated heterocycles. The number of fused-ring (bicyclic) bond motifs is 1. The minimum absolute atomic E-state index is 0.00159. The Bertz CT molecular complexity index is 1050. The molecule has 2 heterocycles. The lowest BCUT2D eigenvalue weighted by molar-refractivity contribution is -0.149. The molecule has 2 N–H and O–H groups in total. The van der Waals surface area contributed by atoms with Crippen LogP contribution in [-0.4, -0.2) is 28.4 Å². The van der Waals surface area contributed by atoms with Crippen LogP contribution in [0.4, 0.5) is 5.69 Å². The summed E-state index contributed by atoms with van der Waals surface area (Å²) in [6.45, 7) is 5.78. The highest BCUT2D eigenvalue weighted by molar-refractivity contribution is 6.36. The second-order valence-corrected chi connectivity index (χ2v) is 9.28. The number of rotatable bonds is 5. The molecule has 2 aromatic carbocycles. The maximum atomic E-state index is 13.6. The third-order valence-electron chi connectivity index (χ3n) is 6.30. The Morgan fingerprint density at radius 1 is 1.13 bits per heavy atom. The van der Waals surface area contributed by atoms with Crippen LogP contribution in [0.25, 0.3) is 0 Å². The molecular formula is C24H25ClN2O4. The Morgan fingerprint density at radius 2 is 1.77 bits per heavy atom. The van der Waals surface area contributed by atoms with Crippen molar-refractivity contribution < 1.29 is 19.5 Å². The number of carboxylic acids is 1. The van der Waals surface area contributed by atoms with Crippen molar-refractivity contribution >= 4 is 35.1 Å². The van der Waals surface area contributed by atoms with Crippen LogP contribution in [0, 0.1) is 24.7 Å². The van der Waals surface area contributed by atoms with Crippen LogP contribution in [0.5, 0.6) is 0 Å². The lowest BCUT2D eigenvalue weighted by Gasteiger charge is -2.32. The predicted octanol–water partition coefficient (Wildman–Crippen LogP) is 3.97. The number of carbonyl (C=O) groups is 3. The summed E-state index contributed by atoms with van der Waals surface area (Å²) in [4.78, 5) is 40.9. The van der Waals surface area contributed by atoms with Gasteiger partial charge in [-0.1, -0.05) is 67.4 Å². The molecule has 4 atom stereocenters. The highest BCUT2D eigenvalue weighted by atomic mass is 35.5. The molecule has 162 valence electrons. The van der Waals surface area contributed by atoms with Crippen molar-refractivity contribution in [2.24, 2.45) is 17.8 Å². The van der Waals surface area contributed by atoms with Crippen LogP contribution in [0.15, 0.2) is 48.5 Å². The van der Waals surface area contributed by atoms with Gasteiger partial charge in [-0.15, -0.1) is 0 Å². The van der Waals surface area contributed by atoms with Crippen molar-refractivity contribution in [1.82, 2.24) is 5.32 Å². The maximum absolute atomic E-state index is 13.6. The number of imide groups is 1. The van der Waals surface area contributed by atoms with E-state index in [1.807, 2.05) is 45.0 Å². The average Bonchev–Trinajstić information content (AvgIpc) is 3.18. The van der Waals surface area contributed by atoms with Crippen LogP contribution in [0.2, 0.25) is 5.02 Å². The summed E-state index contributed by atoms with van der Waals surface area (Å²) in [5.74, 6) is -3.92. The van der Waals surface area contributed by atoms with Crippen molar-refractivity contribution in [3.05, 3.63) is 64.7 Å². The smallest absolute Gasteiger partial charge is 0.324 e. The van der Waals surface area contributed by atoms with E-state index in [0.717, 1.165) is 16.0 Å². The normalized spacial score (nSPS) is 27.8. The summed E-state index contributed by atoms with van der Waals surface area (Å²) in [5, 5.41) is 13.8. The summed E-state index contributed by atoms with van der Waals surface area (Å²) in [6, 6.07) is 13.6. The number of carbonyl (C=O) groups excluding carboxylic acids is 2. The first-order chi connectivity index (χ1) is 14.7. The Kier molecular flexibility index (Phi) is 5.40. The molecule has 2 amide bonds. The van der Waals surface area contributed by atoms with Crippen LogP contribution < -0.4 is 10.2 Å². The lowest BCUT2D eigenvalue weighted by Crippen LogP contribution is -2.56. The summed E-state index contributed by atoms with van der Waals surface area (Å²) in [5.41, 5.74) is 0.586. The third-order valence-corrected chi connectivity index (χ3v) is 6.62. The second-order valence-electron chi connectivity index (χ2n) is 8.87. The number of para-hydroxylation sites is 1. The SMILES string of the molecule is Cc1ccc([C@@H]2N[C@](CC(C)C)(C(=O)O)[C@@H]3C(=O)N(c4ccccc4Cl)C(=O)[C@H]32)cc1. The van der Waals surface area contributed by atoms with Gasteiger partial charge in [0.05, 0.1) is 22.5 Å². The number of nitrogens with one attached hydrogen (secondary N) is 1. The first-order valence-electron chi connectivity index (χ1n) is 10.4. The number of aryl methyl sites for hydroxylation is 1. The quantitative estimate of drug-likeness (QED) is 0.687. The van der Waals surface area contributed by atoms with Gasteiger partial charge < -0.3 is 5.11 Å². The number of hydrogen-bond donors (Lipinski definition) is 2. The van der Waals surface area contributed by atoms with Crippen molar-refractivity contribution in [1.29, 1.82) is 0 Å². The highest BCUT2D eigenvalue weighted by Crippen LogP contribution is 2.52. The van der Waals surface area contributed by atoms with Gasteiger partial charge in [0.15, 0.2) is 0 Å². The molecule has 0 aliphatic carbocycles. The standard InChI is InChI=1S/C24H25ClN2O4/c1-13(2)12-24(23(30)31)19-18(20(26-24)15-10-8-14(3)9-11-15)21(28)27(22(19)29)17-7-5-4-6-16(17)25/h4-11,13,18-20,26H,12H2,1-3H3,(H,30,31)/t18-,19+,20+,24+/m1/s1. The molecule has 0 unspecified atom stereocenters. The van der Waals surface area contributed by atoms with Gasteiger partial charge in [-0.3, -0.25) is 19.7 Å². The van der Waals surface area contributed by atoms with E-state index in [4.69, 9.17) is 11.6 Å². The maximum Gasteiger partial charge on any atom is 0.324 e. The summed E-state index contributed by atoms with van der Waals surface area (Å²) in [6.07, 6.45) is 0.223. The van der Waals surface area contributed by atoms with E-state index < -0.39 is 41.2 Å². The van der Waals surface area contributed by atoms with E-state index in [9.17, 15) is 19.5 Å². The summed E-state index contributed by atoms with van der Waals surface area (Å²) in [7, 11) is 0. The van der Waals surface area contributed by atoms with E-state index >= 15 is 0 Å². The molecule has 0 saturated carbocycles. The second kappa shape index (κ2) is 7.77. The fourth-order valence-corrected chi connectivity index (χ4v) is 5.27. The molecule has 0 aromatic heterocycles. The number of aliphatic carboxylic acids is 1. The Balaban J connectivity index is 1.88. The number of halogens is 1. The molecule has 2 aromatic rings. The van der Waals surface area contributed by atoms with Crippen LogP contribution in [-0.2, 0) is 14.4 Å². The molecule has 2 aliphatic heterocycles. The molecule has 0 radical (unpaired) electrons. The number of carboxylic acid groups (broad SMARTS) is 1. The van der Waals surface area contributed by atoms with Gasteiger partial charge in [0.2, 0.25) is 11.8 Å². The topological polar surface area (TPSA) is 86.7 Å². The van der Waals surface area contributed by atoms with Crippen molar-refractivity contribution in [2.75, 3.05) is 4.90 Å². The zero-order chi connectivity index (χ0) is 22.5. The molecule has 6 nitrogen and oxygen atoms in total. The zero-order valence-corrected chi connectivity index (χ0v) is 18.4. The Labute approximate surface area is 186 Å². The van der Waals surface area contributed by atoms with Gasteiger partial charge in [0.1, 0.15) is 5.54 Å². The molecular weight excluding hydrogens is 416 g/mol. The molecule has 0 bridgehead atoms. The number of benzene rings is 2. The summed E-state index contributed by atoms with van der Waals surface area (Å²) >= 11 is 6.30.